The van der Waals surface area contributed by atoms with E-state index in [9.17, 15) is 4.79 Å². The van der Waals surface area contributed by atoms with E-state index in [1.54, 1.807) is 6.07 Å². The van der Waals surface area contributed by atoms with Crippen molar-refractivity contribution in [3.8, 4) is 5.75 Å². The van der Waals surface area contributed by atoms with Gasteiger partial charge in [0.15, 0.2) is 0 Å². The molecule has 0 aromatic heterocycles. The molecule has 0 saturated heterocycles. The summed E-state index contributed by atoms with van der Waals surface area (Å²) in [6.45, 7) is 4.44. The second kappa shape index (κ2) is 5.65. The van der Waals surface area contributed by atoms with Crippen LogP contribution in [0.5, 0.6) is 5.75 Å². The Morgan fingerprint density at radius 3 is 2.65 bits per heavy atom. The molecule has 0 fully saturated rings. The fraction of sp³-hybridized carbons (Fsp3) is 0.417. The van der Waals surface area contributed by atoms with Gasteiger partial charge in [-0.1, -0.05) is 12.1 Å². The van der Waals surface area contributed by atoms with Gasteiger partial charge >= 0.3 is 0 Å². The number of amides is 1. The van der Waals surface area contributed by atoms with Crippen LogP contribution in [-0.2, 0) is 4.79 Å². The van der Waals surface area contributed by atoms with Gasteiger partial charge in [0.1, 0.15) is 11.8 Å². The molecule has 0 spiro atoms. The normalized spacial score (nSPS) is 12.1. The van der Waals surface area contributed by atoms with Crippen LogP contribution in [0.1, 0.15) is 24.1 Å². The lowest BCUT2D eigenvalue weighted by Gasteiger charge is -2.17. The summed E-state index contributed by atoms with van der Waals surface area (Å²) in [5.74, 6) is 5.85. The predicted molar refractivity (Wildman–Crippen MR) is 66.2 cm³/mol. The quantitative estimate of drug-likeness (QED) is 0.459. The first-order valence-electron chi connectivity index (χ1n) is 5.48. The zero-order chi connectivity index (χ0) is 13.0. The molecule has 0 aliphatic heterocycles. The van der Waals surface area contributed by atoms with Crippen LogP contribution in [0.4, 0.5) is 0 Å². The van der Waals surface area contributed by atoms with Gasteiger partial charge in [-0.3, -0.25) is 9.80 Å². The van der Waals surface area contributed by atoms with Crippen LogP contribution in [0.2, 0.25) is 0 Å². The van der Waals surface area contributed by atoms with Crippen molar-refractivity contribution in [1.29, 1.82) is 0 Å². The molecule has 0 heterocycles. The number of carbonyl (C=O) groups excluding carboxylic acids is 1. The van der Waals surface area contributed by atoms with Gasteiger partial charge in [-0.05, 0) is 31.0 Å². The van der Waals surface area contributed by atoms with Gasteiger partial charge in [-0.25, -0.2) is 5.84 Å². The highest BCUT2D eigenvalue weighted by Gasteiger charge is 2.18. The fourth-order valence-corrected chi connectivity index (χ4v) is 1.55. The number of aryl methyl sites for hydroxylation is 1. The summed E-state index contributed by atoms with van der Waals surface area (Å²) in [6.07, 6.45) is 0. The maximum absolute atomic E-state index is 11.6. The Morgan fingerprint density at radius 1 is 1.53 bits per heavy atom. The monoisotopic (exact) mass is 237 g/mol. The Balaban J connectivity index is 2.93. The Kier molecular flexibility index (Phi) is 4.48. The first-order chi connectivity index (χ1) is 7.97. The number of hydrogen-bond donors (Lipinski definition) is 2. The lowest BCUT2D eigenvalue weighted by atomic mass is 10.0. The van der Waals surface area contributed by atoms with E-state index >= 15 is 0 Å². The summed E-state index contributed by atoms with van der Waals surface area (Å²) in [6, 6.07) is 4.71. The number of hydrogen-bond acceptors (Lipinski definition) is 4. The van der Waals surface area contributed by atoms with Crippen LogP contribution in [0.25, 0.3) is 0 Å². The van der Waals surface area contributed by atoms with Crippen molar-refractivity contribution in [3.63, 3.8) is 0 Å². The number of rotatable bonds is 4. The summed E-state index contributed by atoms with van der Waals surface area (Å²) in [4.78, 5) is 11.6. The molecule has 17 heavy (non-hydrogen) atoms. The molecular weight excluding hydrogens is 218 g/mol. The third kappa shape index (κ3) is 3.18. The Morgan fingerprint density at radius 2 is 2.18 bits per heavy atom. The van der Waals surface area contributed by atoms with Crippen molar-refractivity contribution in [2.45, 2.75) is 19.9 Å². The average molecular weight is 237 g/mol. The highest BCUT2D eigenvalue weighted by atomic mass is 16.5. The van der Waals surface area contributed by atoms with E-state index in [1.807, 2.05) is 26.0 Å². The lowest BCUT2D eigenvalue weighted by molar-refractivity contribution is -0.131. The first-order valence-corrected chi connectivity index (χ1v) is 5.48. The second-order valence-corrected chi connectivity index (χ2v) is 3.88. The van der Waals surface area contributed by atoms with Crippen molar-refractivity contribution in [2.24, 2.45) is 11.6 Å². The zero-order valence-corrected chi connectivity index (χ0v) is 10.4. The van der Waals surface area contributed by atoms with Crippen molar-refractivity contribution >= 4 is 5.91 Å². The number of nitrogens with two attached hydrogens (primary N) is 2. The molecule has 0 saturated carbocycles. The molecule has 1 aromatic carbocycles. The van der Waals surface area contributed by atoms with E-state index < -0.39 is 6.04 Å². The lowest BCUT2D eigenvalue weighted by Crippen LogP contribution is -2.40. The number of ether oxygens (including phenoxy) is 1. The number of carbonyl (C=O) groups is 1. The first kappa shape index (κ1) is 13.5. The highest BCUT2D eigenvalue weighted by Crippen LogP contribution is 2.22. The zero-order valence-electron chi connectivity index (χ0n) is 10.4. The van der Waals surface area contributed by atoms with Crippen LogP contribution in [0.15, 0.2) is 18.2 Å². The number of likely N-dealkylation sites (N-methyl/N-ethyl adjacent to an activating group) is 1. The molecule has 1 unspecified atom stereocenters. The van der Waals surface area contributed by atoms with Crippen LogP contribution in [0, 0.1) is 6.92 Å². The summed E-state index contributed by atoms with van der Waals surface area (Å²) in [5, 5.41) is 0.996. The van der Waals surface area contributed by atoms with Crippen molar-refractivity contribution in [2.75, 3.05) is 13.7 Å². The number of benzene rings is 1. The maximum Gasteiger partial charge on any atom is 0.257 e. The van der Waals surface area contributed by atoms with Gasteiger partial charge in [0.25, 0.3) is 5.91 Å². The summed E-state index contributed by atoms with van der Waals surface area (Å²) in [7, 11) is 1.48. The second-order valence-electron chi connectivity index (χ2n) is 3.88. The van der Waals surface area contributed by atoms with Crippen LogP contribution < -0.4 is 16.3 Å². The van der Waals surface area contributed by atoms with E-state index in [2.05, 4.69) is 0 Å². The Labute approximate surface area is 101 Å². The number of hydrazine groups is 1. The van der Waals surface area contributed by atoms with Gasteiger partial charge in [-0.15, -0.1) is 0 Å². The summed E-state index contributed by atoms with van der Waals surface area (Å²) in [5.41, 5.74) is 7.50. The molecule has 5 nitrogen and oxygen atoms in total. The van der Waals surface area contributed by atoms with Crippen LogP contribution >= 0.6 is 0 Å². The molecule has 1 rings (SSSR count). The van der Waals surface area contributed by atoms with Crippen LogP contribution in [0.3, 0.4) is 0 Å². The van der Waals surface area contributed by atoms with Crippen LogP contribution in [-0.4, -0.2) is 24.6 Å². The van der Waals surface area contributed by atoms with Crippen molar-refractivity contribution in [3.05, 3.63) is 29.3 Å². The molecule has 94 valence electrons. The Bertz CT molecular complexity index is 405. The molecular formula is C12H19N3O2. The molecule has 1 atom stereocenters. The van der Waals surface area contributed by atoms with E-state index in [0.29, 0.717) is 6.61 Å². The molecule has 5 heteroatoms. The smallest absolute Gasteiger partial charge is 0.257 e. The standard InChI is InChI=1S/C12H19N3O2/c1-4-17-10-6-5-9(7-8(10)2)11(13)12(16)15(3)14/h5-7,11H,4,13-14H2,1-3H3. The third-order valence-electron chi connectivity index (χ3n) is 2.47. The minimum absolute atomic E-state index is 0.325. The van der Waals surface area contributed by atoms with E-state index in [4.69, 9.17) is 16.3 Å². The minimum Gasteiger partial charge on any atom is -0.494 e. The van der Waals surface area contributed by atoms with E-state index in [0.717, 1.165) is 21.9 Å². The molecule has 0 aliphatic rings. The van der Waals surface area contributed by atoms with E-state index in [-0.39, 0.29) is 5.91 Å². The molecule has 1 amide bonds. The topological polar surface area (TPSA) is 81.6 Å². The predicted octanol–water partition coefficient (Wildman–Crippen LogP) is 0.726. The Hall–Kier alpha value is -1.59. The molecule has 0 bridgehead atoms. The largest absolute Gasteiger partial charge is 0.494 e. The van der Waals surface area contributed by atoms with Gasteiger partial charge < -0.3 is 10.5 Å². The van der Waals surface area contributed by atoms with Crippen molar-refractivity contribution in [1.82, 2.24) is 5.01 Å². The molecule has 0 aliphatic carbocycles. The van der Waals surface area contributed by atoms with Gasteiger partial charge in [0.05, 0.1) is 6.61 Å². The maximum atomic E-state index is 11.6. The van der Waals surface area contributed by atoms with Gasteiger partial charge in [0, 0.05) is 7.05 Å². The molecule has 0 radical (unpaired) electrons. The fourth-order valence-electron chi connectivity index (χ4n) is 1.55. The van der Waals surface area contributed by atoms with Gasteiger partial charge in [0.2, 0.25) is 0 Å². The van der Waals surface area contributed by atoms with Crippen molar-refractivity contribution < 1.29 is 9.53 Å². The van der Waals surface area contributed by atoms with E-state index in [1.165, 1.54) is 7.05 Å². The molecule has 1 aromatic rings. The molecule has 4 N–H and O–H groups in total. The average Bonchev–Trinajstić information content (AvgIpc) is 2.30. The third-order valence-corrected chi connectivity index (χ3v) is 2.47. The van der Waals surface area contributed by atoms with Gasteiger partial charge in [-0.2, -0.15) is 0 Å². The highest BCUT2D eigenvalue weighted by molar-refractivity contribution is 5.82. The number of nitrogens with zero attached hydrogens (tertiary/aromatic N) is 1. The minimum atomic E-state index is -0.737. The summed E-state index contributed by atoms with van der Waals surface area (Å²) < 4.78 is 5.42. The SMILES string of the molecule is CCOc1ccc(C(N)C(=O)N(C)N)cc1C. The summed E-state index contributed by atoms with van der Waals surface area (Å²) >= 11 is 0.